The Kier molecular flexibility index (Phi) is 5.24. The molecule has 1 fully saturated rings. The SMILES string of the molecule is COc1ccccc1N1C[C@@H](C(=O)Nc2ccc(Cn3cncn3)cc2)CC1=O. The molecular formula is C21H21N5O3. The Morgan fingerprint density at radius 2 is 2.00 bits per heavy atom. The quantitative estimate of drug-likeness (QED) is 0.697. The summed E-state index contributed by atoms with van der Waals surface area (Å²) in [5.41, 5.74) is 2.43. The maximum atomic E-state index is 12.7. The predicted molar refractivity (Wildman–Crippen MR) is 108 cm³/mol. The van der Waals surface area contributed by atoms with Crippen LogP contribution in [-0.2, 0) is 16.1 Å². The van der Waals surface area contributed by atoms with Crippen LogP contribution in [-0.4, -0.2) is 40.2 Å². The van der Waals surface area contributed by atoms with Crippen molar-refractivity contribution in [3.05, 3.63) is 66.7 Å². The van der Waals surface area contributed by atoms with Gasteiger partial charge in [0.25, 0.3) is 0 Å². The maximum absolute atomic E-state index is 12.7. The Hall–Kier alpha value is -3.68. The normalized spacial score (nSPS) is 16.1. The second-order valence-electron chi connectivity index (χ2n) is 6.86. The van der Waals surface area contributed by atoms with E-state index >= 15 is 0 Å². The number of hydrogen-bond donors (Lipinski definition) is 1. The van der Waals surface area contributed by atoms with E-state index in [9.17, 15) is 9.59 Å². The van der Waals surface area contributed by atoms with Crippen molar-refractivity contribution >= 4 is 23.2 Å². The van der Waals surface area contributed by atoms with Crippen LogP contribution in [0.15, 0.2) is 61.2 Å². The van der Waals surface area contributed by atoms with E-state index in [2.05, 4.69) is 15.4 Å². The van der Waals surface area contributed by atoms with Gasteiger partial charge < -0.3 is 15.0 Å². The Morgan fingerprint density at radius 1 is 1.21 bits per heavy atom. The molecule has 1 saturated heterocycles. The van der Waals surface area contributed by atoms with Crippen molar-refractivity contribution in [2.75, 3.05) is 23.9 Å². The van der Waals surface area contributed by atoms with Crippen molar-refractivity contribution in [1.29, 1.82) is 0 Å². The van der Waals surface area contributed by atoms with Crippen molar-refractivity contribution in [2.24, 2.45) is 5.92 Å². The fraction of sp³-hybridized carbons (Fsp3) is 0.238. The molecule has 0 bridgehead atoms. The van der Waals surface area contributed by atoms with Crippen LogP contribution in [0.1, 0.15) is 12.0 Å². The minimum absolute atomic E-state index is 0.0853. The number of anilines is 2. The van der Waals surface area contributed by atoms with Gasteiger partial charge in [0.2, 0.25) is 11.8 Å². The third-order valence-corrected chi connectivity index (χ3v) is 4.90. The average Bonchev–Trinajstić information content (AvgIpc) is 3.39. The van der Waals surface area contributed by atoms with Crippen molar-refractivity contribution in [2.45, 2.75) is 13.0 Å². The molecule has 0 saturated carbocycles. The van der Waals surface area contributed by atoms with Gasteiger partial charge in [0.15, 0.2) is 0 Å². The van der Waals surface area contributed by atoms with Gasteiger partial charge in [-0.05, 0) is 29.8 Å². The number of rotatable bonds is 6. The molecule has 0 aliphatic carbocycles. The molecule has 1 aliphatic rings. The monoisotopic (exact) mass is 391 g/mol. The molecule has 2 aromatic carbocycles. The van der Waals surface area contributed by atoms with Crippen LogP contribution in [0.5, 0.6) is 5.75 Å². The summed E-state index contributed by atoms with van der Waals surface area (Å²) in [5, 5.41) is 6.98. The molecule has 8 heteroatoms. The van der Waals surface area contributed by atoms with Gasteiger partial charge in [0.1, 0.15) is 18.4 Å². The molecule has 2 heterocycles. The van der Waals surface area contributed by atoms with Crippen LogP contribution >= 0.6 is 0 Å². The molecule has 2 amide bonds. The van der Waals surface area contributed by atoms with E-state index in [4.69, 9.17) is 4.74 Å². The first-order chi connectivity index (χ1) is 14.1. The lowest BCUT2D eigenvalue weighted by atomic mass is 10.1. The van der Waals surface area contributed by atoms with E-state index in [-0.39, 0.29) is 18.2 Å². The number of aromatic nitrogens is 3. The largest absolute Gasteiger partial charge is 0.495 e. The molecule has 0 unspecified atom stereocenters. The minimum Gasteiger partial charge on any atom is -0.495 e. The predicted octanol–water partition coefficient (Wildman–Crippen LogP) is 2.33. The van der Waals surface area contributed by atoms with Crippen molar-refractivity contribution in [3.8, 4) is 5.75 Å². The molecule has 148 valence electrons. The van der Waals surface area contributed by atoms with Crippen LogP contribution in [0.25, 0.3) is 0 Å². The summed E-state index contributed by atoms with van der Waals surface area (Å²) in [6.07, 6.45) is 3.32. The molecule has 1 aromatic heterocycles. The van der Waals surface area contributed by atoms with E-state index in [1.165, 1.54) is 6.33 Å². The number of methoxy groups -OCH3 is 1. The highest BCUT2D eigenvalue weighted by molar-refractivity contribution is 6.04. The fourth-order valence-corrected chi connectivity index (χ4v) is 3.41. The van der Waals surface area contributed by atoms with Gasteiger partial charge in [-0.1, -0.05) is 24.3 Å². The highest BCUT2D eigenvalue weighted by atomic mass is 16.5. The Balaban J connectivity index is 1.39. The third-order valence-electron chi connectivity index (χ3n) is 4.90. The maximum Gasteiger partial charge on any atom is 0.229 e. The lowest BCUT2D eigenvalue weighted by Crippen LogP contribution is -2.28. The zero-order valence-corrected chi connectivity index (χ0v) is 16.0. The van der Waals surface area contributed by atoms with E-state index in [0.29, 0.717) is 30.2 Å². The summed E-state index contributed by atoms with van der Waals surface area (Å²) in [6, 6.07) is 14.9. The number of nitrogens with one attached hydrogen (secondary N) is 1. The Bertz CT molecular complexity index is 1000. The smallest absolute Gasteiger partial charge is 0.229 e. The molecule has 29 heavy (non-hydrogen) atoms. The van der Waals surface area contributed by atoms with Gasteiger partial charge in [-0.25, -0.2) is 9.67 Å². The summed E-state index contributed by atoms with van der Waals surface area (Å²) in [7, 11) is 1.57. The number of carbonyl (C=O) groups excluding carboxylic acids is 2. The summed E-state index contributed by atoms with van der Waals surface area (Å²) in [6.45, 7) is 0.939. The van der Waals surface area contributed by atoms with E-state index < -0.39 is 5.92 Å². The number of carbonyl (C=O) groups is 2. The first kappa shape index (κ1) is 18.7. The molecule has 3 aromatic rings. The first-order valence-corrected chi connectivity index (χ1v) is 9.29. The molecule has 8 nitrogen and oxygen atoms in total. The molecule has 4 rings (SSSR count). The minimum atomic E-state index is -0.415. The highest BCUT2D eigenvalue weighted by Gasteiger charge is 2.36. The number of nitrogens with zero attached hydrogens (tertiary/aromatic N) is 4. The van der Waals surface area contributed by atoms with Crippen LogP contribution in [0.2, 0.25) is 0 Å². The molecule has 0 spiro atoms. The second-order valence-corrected chi connectivity index (χ2v) is 6.86. The van der Waals surface area contributed by atoms with Gasteiger partial charge in [-0.15, -0.1) is 0 Å². The summed E-state index contributed by atoms with van der Waals surface area (Å²) in [5.74, 6) is -0.0512. The van der Waals surface area contributed by atoms with Gasteiger partial charge in [-0.3, -0.25) is 9.59 Å². The number of ether oxygens (including phenoxy) is 1. The molecule has 1 N–H and O–H groups in total. The van der Waals surface area contributed by atoms with E-state index in [0.717, 1.165) is 5.56 Å². The van der Waals surface area contributed by atoms with Crippen molar-refractivity contribution < 1.29 is 14.3 Å². The van der Waals surface area contributed by atoms with E-state index in [1.54, 1.807) is 29.1 Å². The highest BCUT2D eigenvalue weighted by Crippen LogP contribution is 2.33. The van der Waals surface area contributed by atoms with Crippen LogP contribution in [0.4, 0.5) is 11.4 Å². The lowest BCUT2D eigenvalue weighted by Gasteiger charge is -2.19. The van der Waals surface area contributed by atoms with Crippen molar-refractivity contribution in [3.63, 3.8) is 0 Å². The Morgan fingerprint density at radius 3 is 2.72 bits per heavy atom. The second kappa shape index (κ2) is 8.14. The fourth-order valence-electron chi connectivity index (χ4n) is 3.41. The summed E-state index contributed by atoms with van der Waals surface area (Å²) < 4.78 is 7.07. The van der Waals surface area contributed by atoms with Crippen LogP contribution < -0.4 is 15.0 Å². The van der Waals surface area contributed by atoms with E-state index in [1.807, 2.05) is 42.5 Å². The zero-order chi connectivity index (χ0) is 20.2. The van der Waals surface area contributed by atoms with Crippen molar-refractivity contribution in [1.82, 2.24) is 14.8 Å². The standard InChI is InChI=1S/C21H21N5O3/c1-29-19-5-3-2-4-18(19)26-12-16(10-20(26)27)21(28)24-17-8-6-15(7-9-17)11-25-14-22-13-23-25/h2-9,13-14,16H,10-12H2,1H3,(H,24,28)/t16-/m0/s1. The van der Waals surface area contributed by atoms with Gasteiger partial charge in [0.05, 0.1) is 25.3 Å². The van der Waals surface area contributed by atoms with Crippen LogP contribution in [0.3, 0.4) is 0 Å². The zero-order valence-electron chi connectivity index (χ0n) is 16.0. The Labute approximate surface area is 168 Å². The van der Waals surface area contributed by atoms with Gasteiger partial charge in [-0.2, -0.15) is 5.10 Å². The number of benzene rings is 2. The first-order valence-electron chi connectivity index (χ1n) is 9.29. The van der Waals surface area contributed by atoms with Gasteiger partial charge in [0, 0.05) is 18.7 Å². The number of amides is 2. The van der Waals surface area contributed by atoms with Crippen LogP contribution in [0, 0.1) is 5.92 Å². The average molecular weight is 391 g/mol. The van der Waals surface area contributed by atoms with Gasteiger partial charge >= 0.3 is 0 Å². The lowest BCUT2D eigenvalue weighted by molar-refractivity contribution is -0.122. The topological polar surface area (TPSA) is 89.3 Å². The number of hydrogen-bond acceptors (Lipinski definition) is 5. The molecular weight excluding hydrogens is 370 g/mol. The summed E-state index contributed by atoms with van der Waals surface area (Å²) in [4.78, 5) is 30.7. The molecule has 1 aliphatic heterocycles. The molecule has 0 radical (unpaired) electrons. The molecule has 1 atom stereocenters. The third kappa shape index (κ3) is 4.11. The summed E-state index contributed by atoms with van der Waals surface area (Å²) >= 11 is 0. The number of para-hydroxylation sites is 2.